The van der Waals surface area contributed by atoms with Crippen molar-refractivity contribution in [3.8, 4) is 0 Å². The fourth-order valence-electron chi connectivity index (χ4n) is 3.64. The molecule has 0 amide bonds. The van der Waals surface area contributed by atoms with Crippen molar-refractivity contribution in [2.24, 2.45) is 0 Å². The van der Waals surface area contributed by atoms with Crippen molar-refractivity contribution >= 4 is 45.5 Å². The van der Waals surface area contributed by atoms with Crippen LogP contribution in [0.25, 0.3) is 10.8 Å². The normalized spacial score (nSPS) is 13.2. The van der Waals surface area contributed by atoms with Gasteiger partial charge in [-0.25, -0.2) is 0 Å². The summed E-state index contributed by atoms with van der Waals surface area (Å²) in [6, 6.07) is 19.4. The number of anilines is 2. The third-order valence-corrected chi connectivity index (χ3v) is 6.45. The summed E-state index contributed by atoms with van der Waals surface area (Å²) >= 11 is 8.20. The molecule has 1 heterocycles. The van der Waals surface area contributed by atoms with E-state index < -0.39 is 0 Å². The zero-order chi connectivity index (χ0) is 18.1. The highest BCUT2D eigenvalue weighted by atomic mass is 35.5. The smallest absolute Gasteiger partial charge is 0.0632 e. The van der Waals surface area contributed by atoms with Crippen LogP contribution in [0.5, 0.6) is 0 Å². The lowest BCUT2D eigenvalue weighted by Crippen LogP contribution is -2.34. The molecule has 0 fully saturated rings. The van der Waals surface area contributed by atoms with E-state index in [-0.39, 0.29) is 0 Å². The SMILES string of the molecule is CCN(CC)CCN1c2cc(Cl)ccc2Sc2ccc3ccccc3c21. The highest BCUT2D eigenvalue weighted by molar-refractivity contribution is 7.99. The second-order valence-electron chi connectivity index (χ2n) is 6.53. The summed E-state index contributed by atoms with van der Waals surface area (Å²) in [4.78, 5) is 7.53. The van der Waals surface area contributed by atoms with Crippen LogP contribution in [-0.4, -0.2) is 31.1 Å². The molecule has 0 atom stereocenters. The number of rotatable bonds is 5. The molecule has 2 nitrogen and oxygen atoms in total. The van der Waals surface area contributed by atoms with Crippen LogP contribution in [0.15, 0.2) is 64.4 Å². The number of nitrogens with zero attached hydrogens (tertiary/aromatic N) is 2. The number of halogens is 1. The third-order valence-electron chi connectivity index (χ3n) is 5.10. The Morgan fingerprint density at radius 2 is 1.73 bits per heavy atom. The molecule has 0 radical (unpaired) electrons. The van der Waals surface area contributed by atoms with Crippen molar-refractivity contribution in [3.63, 3.8) is 0 Å². The van der Waals surface area contributed by atoms with E-state index in [2.05, 4.69) is 72.2 Å². The number of hydrogen-bond acceptors (Lipinski definition) is 3. The van der Waals surface area contributed by atoms with Crippen molar-refractivity contribution < 1.29 is 0 Å². The summed E-state index contributed by atoms with van der Waals surface area (Å²) in [5.74, 6) is 0. The Bertz CT molecular complexity index is 937. The molecular formula is C22H23ClN2S. The van der Waals surface area contributed by atoms with Gasteiger partial charge < -0.3 is 9.80 Å². The molecule has 3 aromatic rings. The molecule has 26 heavy (non-hydrogen) atoms. The first-order chi connectivity index (χ1) is 12.7. The Hall–Kier alpha value is -1.68. The van der Waals surface area contributed by atoms with Crippen molar-refractivity contribution in [1.29, 1.82) is 0 Å². The number of likely N-dealkylation sites (N-methyl/N-ethyl adjacent to an activating group) is 1. The molecule has 1 aliphatic rings. The largest absolute Gasteiger partial charge is 0.338 e. The predicted molar refractivity (Wildman–Crippen MR) is 114 cm³/mol. The van der Waals surface area contributed by atoms with Gasteiger partial charge in [0.1, 0.15) is 0 Å². The van der Waals surface area contributed by atoms with Gasteiger partial charge in [0.2, 0.25) is 0 Å². The van der Waals surface area contributed by atoms with Crippen molar-refractivity contribution in [1.82, 2.24) is 4.90 Å². The van der Waals surface area contributed by atoms with Crippen LogP contribution >= 0.6 is 23.4 Å². The first-order valence-electron chi connectivity index (χ1n) is 9.20. The summed E-state index contributed by atoms with van der Waals surface area (Å²) in [6.45, 7) is 8.59. The van der Waals surface area contributed by atoms with Crippen LogP contribution in [0.4, 0.5) is 11.4 Å². The number of fused-ring (bicyclic) bond motifs is 4. The Labute approximate surface area is 164 Å². The van der Waals surface area contributed by atoms with E-state index in [1.165, 1.54) is 31.9 Å². The summed E-state index contributed by atoms with van der Waals surface area (Å²) in [6.07, 6.45) is 0. The summed E-state index contributed by atoms with van der Waals surface area (Å²) in [7, 11) is 0. The van der Waals surface area contributed by atoms with E-state index in [1.807, 2.05) is 17.8 Å². The third kappa shape index (κ3) is 3.20. The predicted octanol–water partition coefficient (Wildman–Crippen LogP) is 6.44. The minimum atomic E-state index is 0.792. The first kappa shape index (κ1) is 17.7. The second-order valence-corrected chi connectivity index (χ2v) is 8.05. The lowest BCUT2D eigenvalue weighted by Gasteiger charge is -2.35. The lowest BCUT2D eigenvalue weighted by molar-refractivity contribution is 0.312. The van der Waals surface area contributed by atoms with Crippen molar-refractivity contribution in [3.05, 3.63) is 59.6 Å². The van der Waals surface area contributed by atoms with Crippen LogP contribution in [0.2, 0.25) is 5.02 Å². The van der Waals surface area contributed by atoms with Gasteiger partial charge in [0, 0.05) is 33.3 Å². The van der Waals surface area contributed by atoms with E-state index in [1.54, 1.807) is 0 Å². The van der Waals surface area contributed by atoms with Gasteiger partial charge in [-0.1, -0.05) is 67.5 Å². The molecule has 0 unspecified atom stereocenters. The van der Waals surface area contributed by atoms with Gasteiger partial charge in [-0.15, -0.1) is 0 Å². The average Bonchev–Trinajstić information content (AvgIpc) is 2.68. The molecule has 4 heteroatoms. The molecule has 0 spiro atoms. The molecule has 0 saturated carbocycles. The van der Waals surface area contributed by atoms with Crippen molar-refractivity contribution in [2.75, 3.05) is 31.1 Å². The molecule has 0 bridgehead atoms. The van der Waals surface area contributed by atoms with Crippen LogP contribution in [0.1, 0.15) is 13.8 Å². The fourth-order valence-corrected chi connectivity index (χ4v) is 4.90. The van der Waals surface area contributed by atoms with Crippen LogP contribution in [0.3, 0.4) is 0 Å². The minimum Gasteiger partial charge on any atom is -0.338 e. The molecule has 134 valence electrons. The van der Waals surface area contributed by atoms with Gasteiger partial charge in [-0.2, -0.15) is 0 Å². The van der Waals surface area contributed by atoms with Gasteiger partial charge in [-0.05, 0) is 42.7 Å². The molecule has 0 aromatic heterocycles. The molecule has 1 aliphatic heterocycles. The maximum absolute atomic E-state index is 6.36. The van der Waals surface area contributed by atoms with Gasteiger partial charge >= 0.3 is 0 Å². The molecule has 4 rings (SSSR count). The van der Waals surface area contributed by atoms with Crippen molar-refractivity contribution in [2.45, 2.75) is 23.6 Å². The molecule has 3 aromatic carbocycles. The van der Waals surface area contributed by atoms with Crippen LogP contribution in [-0.2, 0) is 0 Å². The Kier molecular flexibility index (Phi) is 5.12. The van der Waals surface area contributed by atoms with E-state index in [0.29, 0.717) is 0 Å². The number of hydrogen-bond donors (Lipinski definition) is 0. The molecule has 0 aliphatic carbocycles. The summed E-state index contributed by atoms with van der Waals surface area (Å²) in [5, 5.41) is 3.38. The molecule has 0 saturated heterocycles. The van der Waals surface area contributed by atoms with Gasteiger partial charge in [0.25, 0.3) is 0 Å². The molecular weight excluding hydrogens is 360 g/mol. The van der Waals surface area contributed by atoms with E-state index in [9.17, 15) is 0 Å². The summed E-state index contributed by atoms with van der Waals surface area (Å²) < 4.78 is 0. The zero-order valence-corrected chi connectivity index (χ0v) is 16.8. The summed E-state index contributed by atoms with van der Waals surface area (Å²) in [5.41, 5.74) is 2.54. The standard InChI is InChI=1S/C22H23ClN2S/c1-3-24(4-2)13-14-25-19-15-17(23)10-12-20(19)26-21-11-9-16-7-5-6-8-18(16)22(21)25/h5-12,15H,3-4,13-14H2,1-2H3. The average molecular weight is 383 g/mol. The Morgan fingerprint density at radius 3 is 2.54 bits per heavy atom. The highest BCUT2D eigenvalue weighted by Gasteiger charge is 2.25. The first-order valence-corrected chi connectivity index (χ1v) is 10.4. The van der Waals surface area contributed by atoms with Crippen LogP contribution in [0, 0.1) is 0 Å². The van der Waals surface area contributed by atoms with Gasteiger partial charge in [0.15, 0.2) is 0 Å². The Balaban J connectivity index is 1.84. The van der Waals surface area contributed by atoms with E-state index in [4.69, 9.17) is 11.6 Å². The molecule has 0 N–H and O–H groups in total. The van der Waals surface area contributed by atoms with Crippen LogP contribution < -0.4 is 4.90 Å². The fraction of sp³-hybridized carbons (Fsp3) is 0.273. The maximum atomic E-state index is 6.36. The number of benzene rings is 3. The van der Waals surface area contributed by atoms with E-state index >= 15 is 0 Å². The second kappa shape index (κ2) is 7.51. The van der Waals surface area contributed by atoms with Gasteiger partial charge in [0.05, 0.1) is 11.4 Å². The monoisotopic (exact) mass is 382 g/mol. The topological polar surface area (TPSA) is 6.48 Å². The maximum Gasteiger partial charge on any atom is 0.0632 e. The lowest BCUT2D eigenvalue weighted by atomic mass is 10.1. The quantitative estimate of drug-likeness (QED) is 0.501. The van der Waals surface area contributed by atoms with Gasteiger partial charge in [-0.3, -0.25) is 0 Å². The van der Waals surface area contributed by atoms with E-state index in [0.717, 1.165) is 31.2 Å². The Morgan fingerprint density at radius 1 is 0.962 bits per heavy atom. The zero-order valence-electron chi connectivity index (χ0n) is 15.2. The minimum absolute atomic E-state index is 0.792. The highest BCUT2D eigenvalue weighted by Crippen LogP contribution is 2.51.